The van der Waals surface area contributed by atoms with Crippen LogP contribution in [0.15, 0.2) is 47.8 Å². The van der Waals surface area contributed by atoms with Gasteiger partial charge < -0.3 is 5.11 Å². The van der Waals surface area contributed by atoms with Gasteiger partial charge >= 0.3 is 0 Å². The molecule has 1 heterocycles. The van der Waals surface area contributed by atoms with Crippen LogP contribution in [-0.4, -0.2) is 16.2 Å². The second-order valence-corrected chi connectivity index (χ2v) is 6.16. The number of aromatic nitrogens is 1. The molecule has 3 aromatic rings. The molecule has 3 rings (SSSR count). The molecule has 20 heavy (non-hydrogen) atoms. The van der Waals surface area contributed by atoms with Crippen LogP contribution in [-0.2, 0) is 12.8 Å². The van der Waals surface area contributed by atoms with E-state index < -0.39 is 0 Å². The van der Waals surface area contributed by atoms with Crippen molar-refractivity contribution in [1.29, 1.82) is 0 Å². The van der Waals surface area contributed by atoms with Gasteiger partial charge in [-0.15, -0.1) is 11.3 Å². The Morgan fingerprint density at radius 2 is 1.90 bits per heavy atom. The normalized spacial score (nSPS) is 12.7. The van der Waals surface area contributed by atoms with Gasteiger partial charge in [0.05, 0.1) is 16.8 Å². The van der Waals surface area contributed by atoms with E-state index in [-0.39, 0.29) is 6.10 Å². The SMILES string of the molecule is Cc1nc(CC(O)Cc2ccc3ccccc3c2)cs1. The second kappa shape index (κ2) is 5.73. The van der Waals surface area contributed by atoms with Gasteiger partial charge in [0.25, 0.3) is 0 Å². The van der Waals surface area contributed by atoms with Crippen LogP contribution in [0, 0.1) is 6.92 Å². The van der Waals surface area contributed by atoms with Gasteiger partial charge in [-0.1, -0.05) is 42.5 Å². The molecule has 1 unspecified atom stereocenters. The number of nitrogens with zero attached hydrogens (tertiary/aromatic N) is 1. The predicted octanol–water partition coefficient (Wildman–Crippen LogP) is 3.75. The van der Waals surface area contributed by atoms with Crippen LogP contribution in [0.3, 0.4) is 0 Å². The van der Waals surface area contributed by atoms with E-state index in [0.29, 0.717) is 12.8 Å². The molecule has 0 spiro atoms. The van der Waals surface area contributed by atoms with E-state index in [1.54, 1.807) is 11.3 Å². The molecule has 0 aliphatic heterocycles. The summed E-state index contributed by atoms with van der Waals surface area (Å²) in [6.45, 7) is 1.99. The molecular weight excluding hydrogens is 266 g/mol. The highest BCUT2D eigenvalue weighted by atomic mass is 32.1. The summed E-state index contributed by atoms with van der Waals surface area (Å²) in [6.07, 6.45) is 0.913. The van der Waals surface area contributed by atoms with E-state index >= 15 is 0 Å². The first-order valence-corrected chi connectivity index (χ1v) is 7.65. The molecule has 1 atom stereocenters. The number of rotatable bonds is 4. The number of aliphatic hydroxyl groups is 1. The molecule has 2 nitrogen and oxygen atoms in total. The Kier molecular flexibility index (Phi) is 3.81. The molecule has 0 saturated heterocycles. The molecule has 0 saturated carbocycles. The van der Waals surface area contributed by atoms with Crippen molar-refractivity contribution in [3.8, 4) is 0 Å². The highest BCUT2D eigenvalue weighted by molar-refractivity contribution is 7.09. The first-order valence-electron chi connectivity index (χ1n) is 6.77. The zero-order chi connectivity index (χ0) is 13.9. The maximum atomic E-state index is 10.2. The van der Waals surface area contributed by atoms with Crippen LogP contribution in [0.2, 0.25) is 0 Å². The fraction of sp³-hybridized carbons (Fsp3) is 0.235. The number of aryl methyl sites for hydroxylation is 1. The van der Waals surface area contributed by atoms with Crippen molar-refractivity contribution < 1.29 is 5.11 Å². The van der Waals surface area contributed by atoms with Gasteiger partial charge in [-0.25, -0.2) is 4.98 Å². The molecule has 0 aliphatic carbocycles. The van der Waals surface area contributed by atoms with Crippen LogP contribution in [0.4, 0.5) is 0 Å². The van der Waals surface area contributed by atoms with Crippen LogP contribution in [0.1, 0.15) is 16.3 Å². The van der Waals surface area contributed by atoms with Crippen molar-refractivity contribution in [3.63, 3.8) is 0 Å². The second-order valence-electron chi connectivity index (χ2n) is 5.10. The van der Waals surface area contributed by atoms with E-state index in [1.807, 2.05) is 24.4 Å². The van der Waals surface area contributed by atoms with Crippen molar-refractivity contribution in [2.24, 2.45) is 0 Å². The van der Waals surface area contributed by atoms with Crippen molar-refractivity contribution in [1.82, 2.24) is 4.98 Å². The minimum Gasteiger partial charge on any atom is -0.392 e. The topological polar surface area (TPSA) is 33.1 Å². The Morgan fingerprint density at radius 3 is 2.65 bits per heavy atom. The highest BCUT2D eigenvalue weighted by Crippen LogP contribution is 2.18. The van der Waals surface area contributed by atoms with Crippen LogP contribution >= 0.6 is 11.3 Å². The van der Waals surface area contributed by atoms with Crippen LogP contribution < -0.4 is 0 Å². The summed E-state index contributed by atoms with van der Waals surface area (Å²) in [7, 11) is 0. The molecule has 2 aromatic carbocycles. The molecule has 102 valence electrons. The third-order valence-electron chi connectivity index (χ3n) is 3.40. The minimum atomic E-state index is -0.377. The highest BCUT2D eigenvalue weighted by Gasteiger charge is 2.09. The zero-order valence-corrected chi connectivity index (χ0v) is 12.2. The molecule has 1 aromatic heterocycles. The molecule has 0 amide bonds. The van der Waals surface area contributed by atoms with Gasteiger partial charge in [0.1, 0.15) is 0 Å². The first-order chi connectivity index (χ1) is 9.70. The maximum Gasteiger partial charge on any atom is 0.0897 e. The van der Waals surface area contributed by atoms with E-state index in [9.17, 15) is 5.11 Å². The quantitative estimate of drug-likeness (QED) is 0.791. The predicted molar refractivity (Wildman–Crippen MR) is 84.2 cm³/mol. The van der Waals surface area contributed by atoms with Gasteiger partial charge in [0, 0.05) is 11.8 Å². The lowest BCUT2D eigenvalue weighted by Crippen LogP contribution is -2.14. The van der Waals surface area contributed by atoms with Crippen molar-refractivity contribution in [2.45, 2.75) is 25.9 Å². The fourth-order valence-corrected chi connectivity index (χ4v) is 3.08. The number of thiazole rings is 1. The van der Waals surface area contributed by atoms with Crippen molar-refractivity contribution in [3.05, 3.63) is 64.1 Å². The summed E-state index contributed by atoms with van der Waals surface area (Å²) in [5.41, 5.74) is 2.16. The number of aliphatic hydroxyl groups excluding tert-OH is 1. The Labute approximate surface area is 122 Å². The number of hydrogen-bond donors (Lipinski definition) is 1. The van der Waals surface area contributed by atoms with E-state index in [4.69, 9.17) is 0 Å². The summed E-state index contributed by atoms with van der Waals surface area (Å²) in [4.78, 5) is 4.40. The largest absolute Gasteiger partial charge is 0.392 e. The lowest BCUT2D eigenvalue weighted by atomic mass is 10.0. The lowest BCUT2D eigenvalue weighted by Gasteiger charge is -2.10. The Balaban J connectivity index is 1.72. The smallest absolute Gasteiger partial charge is 0.0897 e. The standard InChI is InChI=1S/C17H17NOS/c1-12-18-16(11-20-12)10-17(19)9-13-6-7-14-4-2-3-5-15(14)8-13/h2-8,11,17,19H,9-10H2,1H3. The van der Waals surface area contributed by atoms with Gasteiger partial charge in [-0.2, -0.15) is 0 Å². The summed E-state index contributed by atoms with van der Waals surface area (Å²) >= 11 is 1.63. The van der Waals surface area contributed by atoms with Crippen molar-refractivity contribution in [2.75, 3.05) is 0 Å². The Bertz CT molecular complexity index is 720. The molecule has 0 fully saturated rings. The lowest BCUT2D eigenvalue weighted by molar-refractivity contribution is 0.174. The van der Waals surface area contributed by atoms with Gasteiger partial charge in [-0.3, -0.25) is 0 Å². The van der Waals surface area contributed by atoms with Gasteiger partial charge in [-0.05, 0) is 29.7 Å². The third-order valence-corrected chi connectivity index (χ3v) is 4.22. The minimum absolute atomic E-state index is 0.377. The molecule has 3 heteroatoms. The Hall–Kier alpha value is -1.71. The summed E-state index contributed by atoms with van der Waals surface area (Å²) < 4.78 is 0. The summed E-state index contributed by atoms with van der Waals surface area (Å²) in [5.74, 6) is 0. The molecule has 1 N–H and O–H groups in total. The van der Waals surface area contributed by atoms with E-state index in [2.05, 4.69) is 35.3 Å². The monoisotopic (exact) mass is 283 g/mol. The number of benzene rings is 2. The van der Waals surface area contributed by atoms with E-state index in [1.165, 1.54) is 16.3 Å². The fourth-order valence-electron chi connectivity index (χ4n) is 2.45. The molecule has 0 radical (unpaired) electrons. The molecule has 0 aliphatic rings. The number of hydrogen-bond acceptors (Lipinski definition) is 3. The van der Waals surface area contributed by atoms with Crippen LogP contribution in [0.5, 0.6) is 0 Å². The zero-order valence-electron chi connectivity index (χ0n) is 11.4. The van der Waals surface area contributed by atoms with E-state index in [0.717, 1.165) is 10.7 Å². The van der Waals surface area contributed by atoms with Gasteiger partial charge in [0.15, 0.2) is 0 Å². The third kappa shape index (κ3) is 3.06. The average Bonchev–Trinajstić information content (AvgIpc) is 2.83. The van der Waals surface area contributed by atoms with Gasteiger partial charge in [0.2, 0.25) is 0 Å². The average molecular weight is 283 g/mol. The number of fused-ring (bicyclic) bond motifs is 1. The molecule has 0 bridgehead atoms. The summed E-state index contributed by atoms with van der Waals surface area (Å²) in [6, 6.07) is 14.7. The molecular formula is C17H17NOS. The van der Waals surface area contributed by atoms with Crippen molar-refractivity contribution >= 4 is 22.1 Å². The van der Waals surface area contributed by atoms with Crippen LogP contribution in [0.25, 0.3) is 10.8 Å². The summed E-state index contributed by atoms with van der Waals surface area (Å²) in [5, 5.41) is 15.7. The maximum absolute atomic E-state index is 10.2. The first kappa shape index (κ1) is 13.3. The Morgan fingerprint density at radius 1 is 1.10 bits per heavy atom.